The van der Waals surface area contributed by atoms with Crippen LogP contribution in [0.2, 0.25) is 10.0 Å². The molecule has 1 unspecified atom stereocenters. The summed E-state index contributed by atoms with van der Waals surface area (Å²) in [5, 5.41) is 10.1. The molecule has 2 nitrogen and oxygen atoms in total. The molecule has 0 heterocycles. The van der Waals surface area contributed by atoms with Gasteiger partial charge in [0.25, 0.3) is 0 Å². The summed E-state index contributed by atoms with van der Waals surface area (Å²) in [6.07, 6.45) is 0. The van der Waals surface area contributed by atoms with Gasteiger partial charge in [0.1, 0.15) is 5.75 Å². The smallest absolute Gasteiger partial charge is 0.139 e. The van der Waals surface area contributed by atoms with Crippen molar-refractivity contribution in [3.05, 3.63) is 22.2 Å². The number of methoxy groups -OCH3 is 1. The minimum absolute atomic E-state index is 0.0898. The second kappa shape index (κ2) is 5.85. The molecule has 0 aliphatic heterocycles. The Hall–Kier alpha value is -0.0900. The predicted molar refractivity (Wildman–Crippen MR) is 65.4 cm³/mol. The molecule has 0 aromatic heterocycles. The van der Waals surface area contributed by atoms with Crippen LogP contribution in [0.1, 0.15) is 6.92 Å². The molecule has 0 amide bonds. The number of hydrogen-bond acceptors (Lipinski definition) is 3. The van der Waals surface area contributed by atoms with Crippen LogP contribution in [0.3, 0.4) is 0 Å². The summed E-state index contributed by atoms with van der Waals surface area (Å²) in [6.45, 7) is 2.02. The Balaban J connectivity index is 2.95. The highest BCUT2D eigenvalue weighted by molar-refractivity contribution is 8.00. The Morgan fingerprint density at radius 3 is 2.60 bits per heavy atom. The molecule has 5 heteroatoms. The number of aliphatic hydroxyl groups is 1. The minimum atomic E-state index is 0.0898. The Morgan fingerprint density at radius 1 is 1.40 bits per heavy atom. The van der Waals surface area contributed by atoms with Crippen molar-refractivity contribution in [2.45, 2.75) is 17.1 Å². The van der Waals surface area contributed by atoms with Crippen molar-refractivity contribution in [1.82, 2.24) is 0 Å². The Morgan fingerprint density at radius 2 is 2.07 bits per heavy atom. The zero-order valence-corrected chi connectivity index (χ0v) is 10.8. The summed E-state index contributed by atoms with van der Waals surface area (Å²) >= 11 is 13.5. The second-order valence-corrected chi connectivity index (χ2v) is 5.32. The maximum Gasteiger partial charge on any atom is 0.139 e. The lowest BCUT2D eigenvalue weighted by Crippen LogP contribution is -2.01. The maximum absolute atomic E-state index is 8.94. The molecule has 0 saturated carbocycles. The molecule has 84 valence electrons. The van der Waals surface area contributed by atoms with Gasteiger partial charge in [-0.2, -0.15) is 0 Å². The SMILES string of the molecule is COc1cc(Cl)c(SC(C)CO)cc1Cl. The van der Waals surface area contributed by atoms with Crippen molar-refractivity contribution in [3.63, 3.8) is 0 Å². The molecule has 0 fully saturated rings. The third kappa shape index (κ3) is 3.45. The zero-order chi connectivity index (χ0) is 11.4. The molecule has 1 aromatic carbocycles. The first-order valence-corrected chi connectivity index (χ1v) is 6.02. The van der Waals surface area contributed by atoms with E-state index in [0.717, 1.165) is 4.90 Å². The van der Waals surface area contributed by atoms with Crippen LogP contribution in [0.4, 0.5) is 0 Å². The Labute approximate surface area is 104 Å². The average molecular weight is 267 g/mol. The van der Waals surface area contributed by atoms with Crippen molar-refractivity contribution in [2.75, 3.05) is 13.7 Å². The molecule has 1 rings (SSSR count). The molecule has 0 radical (unpaired) electrons. The largest absolute Gasteiger partial charge is 0.495 e. The maximum atomic E-state index is 8.94. The topological polar surface area (TPSA) is 29.5 Å². The highest BCUT2D eigenvalue weighted by Gasteiger charge is 2.11. The molecule has 0 saturated heterocycles. The van der Waals surface area contributed by atoms with Crippen LogP contribution < -0.4 is 4.74 Å². The lowest BCUT2D eigenvalue weighted by molar-refractivity contribution is 0.300. The van der Waals surface area contributed by atoms with Crippen LogP contribution >= 0.6 is 35.0 Å². The lowest BCUT2D eigenvalue weighted by Gasteiger charge is -2.11. The standard InChI is InChI=1S/C10H12Cl2O2S/c1-6(5-13)15-10-4-7(11)9(14-2)3-8(10)12/h3-4,6,13H,5H2,1-2H3. The summed E-state index contributed by atoms with van der Waals surface area (Å²) in [5.41, 5.74) is 0. The number of halogens is 2. The number of thioether (sulfide) groups is 1. The van der Waals surface area contributed by atoms with Crippen LogP contribution in [0.5, 0.6) is 5.75 Å². The third-order valence-electron chi connectivity index (χ3n) is 1.79. The van der Waals surface area contributed by atoms with E-state index in [2.05, 4.69) is 0 Å². The molecule has 0 spiro atoms. The Bertz CT molecular complexity index is 344. The quantitative estimate of drug-likeness (QED) is 0.847. The van der Waals surface area contributed by atoms with Gasteiger partial charge in [-0.25, -0.2) is 0 Å². The predicted octanol–water partition coefficient (Wildman–Crippen LogP) is 3.47. The van der Waals surface area contributed by atoms with Crippen molar-refractivity contribution in [2.24, 2.45) is 0 Å². The summed E-state index contributed by atoms with van der Waals surface area (Å²) < 4.78 is 5.04. The van der Waals surface area contributed by atoms with Crippen LogP contribution in [0.15, 0.2) is 17.0 Å². The molecule has 0 aliphatic rings. The summed E-state index contributed by atoms with van der Waals surface area (Å²) in [5.74, 6) is 0.558. The fraction of sp³-hybridized carbons (Fsp3) is 0.400. The molecular formula is C10H12Cl2O2S. The molecule has 1 N–H and O–H groups in total. The van der Waals surface area contributed by atoms with E-state index < -0.39 is 0 Å². The molecule has 1 aromatic rings. The summed E-state index contributed by atoms with van der Waals surface area (Å²) in [6, 6.07) is 3.43. The summed E-state index contributed by atoms with van der Waals surface area (Å²) in [7, 11) is 1.54. The molecule has 1 atom stereocenters. The van der Waals surface area contributed by atoms with Gasteiger partial charge in [-0.3, -0.25) is 0 Å². The van der Waals surface area contributed by atoms with E-state index in [0.29, 0.717) is 15.8 Å². The second-order valence-electron chi connectivity index (χ2n) is 3.03. The molecule has 0 aliphatic carbocycles. The van der Waals surface area contributed by atoms with Gasteiger partial charge in [0.2, 0.25) is 0 Å². The molecule has 15 heavy (non-hydrogen) atoms. The number of aliphatic hydroxyl groups excluding tert-OH is 1. The van der Waals surface area contributed by atoms with Gasteiger partial charge in [-0.05, 0) is 6.07 Å². The molecular weight excluding hydrogens is 255 g/mol. The van der Waals surface area contributed by atoms with Gasteiger partial charge < -0.3 is 9.84 Å². The van der Waals surface area contributed by atoms with E-state index in [-0.39, 0.29) is 11.9 Å². The first-order valence-electron chi connectivity index (χ1n) is 4.39. The third-order valence-corrected chi connectivity index (χ3v) is 3.65. The fourth-order valence-electron chi connectivity index (χ4n) is 1.01. The number of hydrogen-bond donors (Lipinski definition) is 1. The van der Waals surface area contributed by atoms with E-state index in [1.54, 1.807) is 19.2 Å². The van der Waals surface area contributed by atoms with Gasteiger partial charge in [-0.15, -0.1) is 11.8 Å². The van der Waals surface area contributed by atoms with Crippen molar-refractivity contribution < 1.29 is 9.84 Å². The highest BCUT2D eigenvalue weighted by atomic mass is 35.5. The first-order chi connectivity index (χ1) is 7.08. The van der Waals surface area contributed by atoms with Crippen LogP contribution in [0.25, 0.3) is 0 Å². The molecule has 0 bridgehead atoms. The van der Waals surface area contributed by atoms with Crippen molar-refractivity contribution >= 4 is 35.0 Å². The van der Waals surface area contributed by atoms with E-state index >= 15 is 0 Å². The Kier molecular flexibility index (Phi) is 5.06. The van der Waals surface area contributed by atoms with Gasteiger partial charge in [0.15, 0.2) is 0 Å². The van der Waals surface area contributed by atoms with Crippen molar-refractivity contribution in [3.8, 4) is 5.75 Å². The van der Waals surface area contributed by atoms with Crippen molar-refractivity contribution in [1.29, 1.82) is 0 Å². The van der Waals surface area contributed by atoms with Gasteiger partial charge in [-0.1, -0.05) is 30.1 Å². The lowest BCUT2D eigenvalue weighted by atomic mass is 10.3. The average Bonchev–Trinajstić information content (AvgIpc) is 2.22. The number of benzene rings is 1. The van der Waals surface area contributed by atoms with E-state index in [1.165, 1.54) is 11.8 Å². The van der Waals surface area contributed by atoms with E-state index in [4.69, 9.17) is 33.0 Å². The number of ether oxygens (including phenoxy) is 1. The van der Waals surface area contributed by atoms with Crippen LogP contribution in [0, 0.1) is 0 Å². The van der Waals surface area contributed by atoms with E-state index in [1.807, 2.05) is 6.92 Å². The zero-order valence-electron chi connectivity index (χ0n) is 8.46. The van der Waals surface area contributed by atoms with Gasteiger partial charge >= 0.3 is 0 Å². The van der Waals surface area contributed by atoms with Gasteiger partial charge in [0.05, 0.1) is 23.8 Å². The normalized spacial score (nSPS) is 12.6. The van der Waals surface area contributed by atoms with Gasteiger partial charge in [0, 0.05) is 16.2 Å². The summed E-state index contributed by atoms with van der Waals surface area (Å²) in [4.78, 5) is 0.851. The minimum Gasteiger partial charge on any atom is -0.495 e. The first kappa shape index (κ1) is 13.0. The van der Waals surface area contributed by atoms with Crippen LogP contribution in [-0.2, 0) is 0 Å². The number of rotatable bonds is 4. The van der Waals surface area contributed by atoms with Crippen LogP contribution in [-0.4, -0.2) is 24.1 Å². The highest BCUT2D eigenvalue weighted by Crippen LogP contribution is 2.37. The van der Waals surface area contributed by atoms with E-state index in [9.17, 15) is 0 Å². The fourth-order valence-corrected chi connectivity index (χ4v) is 2.47. The monoisotopic (exact) mass is 266 g/mol.